The lowest BCUT2D eigenvalue weighted by molar-refractivity contribution is -0.127. The third-order valence-corrected chi connectivity index (χ3v) is 6.27. The van der Waals surface area contributed by atoms with Gasteiger partial charge in [0, 0.05) is 42.9 Å². The zero-order chi connectivity index (χ0) is 22.2. The molecular weight excluding hydrogens is 472 g/mol. The largest absolute Gasteiger partial charge is 0.506 e. The van der Waals surface area contributed by atoms with E-state index in [1.807, 2.05) is 4.90 Å². The van der Waals surface area contributed by atoms with Crippen LogP contribution in [0.1, 0.15) is 5.56 Å². The molecule has 1 saturated heterocycles. The minimum Gasteiger partial charge on any atom is -0.506 e. The number of aromatic hydroxyl groups is 1. The van der Waals surface area contributed by atoms with Crippen LogP contribution in [-0.4, -0.2) is 52.7 Å². The molecular formula is C20H17Cl3FN3O2S. The average Bonchev–Trinajstić information content (AvgIpc) is 2.73. The number of nitrogens with zero attached hydrogens (tertiary/aromatic N) is 2. The number of benzene rings is 1. The first-order valence-corrected chi connectivity index (χ1v) is 10.4. The van der Waals surface area contributed by atoms with E-state index < -0.39 is 11.5 Å². The Morgan fingerprint density at radius 1 is 1.17 bits per heavy atom. The first-order chi connectivity index (χ1) is 14.1. The van der Waals surface area contributed by atoms with Crippen molar-refractivity contribution in [2.45, 2.75) is 0 Å². The van der Waals surface area contributed by atoms with Crippen molar-refractivity contribution >= 4 is 64.6 Å². The number of carbonyl (C=O) groups excluding carboxylic acids is 1. The summed E-state index contributed by atoms with van der Waals surface area (Å²) in [5.41, 5.74) is -0.180. The number of thiol groups is 1. The molecule has 0 saturated carbocycles. The summed E-state index contributed by atoms with van der Waals surface area (Å²) < 4.78 is 15.2. The van der Waals surface area contributed by atoms with Crippen LogP contribution in [0.3, 0.4) is 0 Å². The second-order valence-corrected chi connectivity index (χ2v) is 8.24. The minimum atomic E-state index is -0.895. The molecule has 1 aliphatic carbocycles. The van der Waals surface area contributed by atoms with Gasteiger partial charge in [0.15, 0.2) is 5.83 Å². The summed E-state index contributed by atoms with van der Waals surface area (Å²) in [5.74, 6) is -1.33. The van der Waals surface area contributed by atoms with Gasteiger partial charge >= 0.3 is 0 Å². The van der Waals surface area contributed by atoms with Gasteiger partial charge in [-0.2, -0.15) is 0 Å². The van der Waals surface area contributed by atoms with Crippen molar-refractivity contribution in [2.24, 2.45) is 0 Å². The lowest BCUT2D eigenvalue weighted by Gasteiger charge is -2.36. The summed E-state index contributed by atoms with van der Waals surface area (Å²) >= 11 is 22.8. The molecule has 1 aliphatic heterocycles. The van der Waals surface area contributed by atoms with E-state index >= 15 is 4.39 Å². The number of phenols is 1. The minimum absolute atomic E-state index is 0.00847. The Kier molecular flexibility index (Phi) is 6.87. The molecule has 1 aromatic carbocycles. The number of rotatable bonds is 3. The quantitative estimate of drug-likeness (QED) is 0.414. The predicted octanol–water partition coefficient (Wildman–Crippen LogP) is 5.01. The Morgan fingerprint density at radius 3 is 2.37 bits per heavy atom. The van der Waals surface area contributed by atoms with Gasteiger partial charge in [0.25, 0.3) is 0 Å². The predicted molar refractivity (Wildman–Crippen MR) is 122 cm³/mol. The van der Waals surface area contributed by atoms with Crippen LogP contribution >= 0.6 is 47.4 Å². The summed E-state index contributed by atoms with van der Waals surface area (Å²) in [6.45, 7) is 5.32. The first kappa shape index (κ1) is 22.7. The van der Waals surface area contributed by atoms with E-state index in [9.17, 15) is 9.90 Å². The van der Waals surface area contributed by atoms with E-state index in [1.54, 1.807) is 4.90 Å². The second kappa shape index (κ2) is 9.06. The number of carbonyl (C=O) groups is 1. The van der Waals surface area contributed by atoms with Crippen LogP contribution in [0, 0.1) is 5.41 Å². The van der Waals surface area contributed by atoms with Gasteiger partial charge in [-0.3, -0.25) is 10.2 Å². The SMILES string of the molecule is C=CC(=O)N1CCN(/C(S)=C2\C=C(Cl)C(c3cc(O)c(Cl)cc3Cl)=C(F)C2=N)CC1. The molecule has 10 heteroatoms. The van der Waals surface area contributed by atoms with Crippen molar-refractivity contribution in [1.29, 1.82) is 5.41 Å². The molecule has 1 fully saturated rings. The highest BCUT2D eigenvalue weighted by Crippen LogP contribution is 2.43. The van der Waals surface area contributed by atoms with Gasteiger partial charge in [0.2, 0.25) is 5.91 Å². The summed E-state index contributed by atoms with van der Waals surface area (Å²) in [6.07, 6.45) is 2.70. The molecule has 0 radical (unpaired) electrons. The molecule has 2 N–H and O–H groups in total. The summed E-state index contributed by atoms with van der Waals surface area (Å²) in [6, 6.07) is 2.48. The number of nitrogens with one attached hydrogen (secondary N) is 1. The van der Waals surface area contributed by atoms with Crippen LogP contribution in [0.5, 0.6) is 5.75 Å². The molecule has 1 aromatic rings. The standard InChI is InChI=1S/C20H17Cl3FN3O2S/c1-2-16(29)26-3-5-27(6-4-26)20(30)11-7-14(23)17(18(24)19(11)25)10-8-15(28)13(22)9-12(10)21/h2,7-9,25,28,30H,1,3-6H2/b20-11-,25-19?. The molecule has 1 amide bonds. The van der Waals surface area contributed by atoms with Crippen LogP contribution in [-0.2, 0) is 4.79 Å². The Labute approximate surface area is 193 Å². The molecule has 0 bridgehead atoms. The van der Waals surface area contributed by atoms with Gasteiger partial charge in [0.1, 0.15) is 11.5 Å². The fourth-order valence-corrected chi connectivity index (χ4v) is 4.36. The number of amides is 1. The van der Waals surface area contributed by atoms with Crippen LogP contribution in [0.2, 0.25) is 10.0 Å². The van der Waals surface area contributed by atoms with Gasteiger partial charge < -0.3 is 14.9 Å². The Hall–Kier alpha value is -1.93. The Bertz CT molecular complexity index is 1040. The molecule has 0 atom stereocenters. The first-order valence-electron chi connectivity index (χ1n) is 8.80. The van der Waals surface area contributed by atoms with Crippen molar-refractivity contribution in [3.8, 4) is 5.75 Å². The van der Waals surface area contributed by atoms with Crippen LogP contribution in [0.4, 0.5) is 4.39 Å². The van der Waals surface area contributed by atoms with Gasteiger partial charge in [-0.25, -0.2) is 4.39 Å². The van der Waals surface area contributed by atoms with Crippen molar-refractivity contribution in [3.05, 3.63) is 67.9 Å². The zero-order valence-corrected chi connectivity index (χ0v) is 18.7. The topological polar surface area (TPSA) is 67.6 Å². The van der Waals surface area contributed by atoms with Gasteiger partial charge in [-0.1, -0.05) is 41.4 Å². The van der Waals surface area contributed by atoms with Crippen molar-refractivity contribution in [2.75, 3.05) is 26.2 Å². The number of piperazine rings is 1. The summed E-state index contributed by atoms with van der Waals surface area (Å²) in [7, 11) is 0. The highest BCUT2D eigenvalue weighted by Gasteiger charge is 2.30. The second-order valence-electron chi connectivity index (χ2n) is 6.59. The Balaban J connectivity index is 1.93. The molecule has 3 rings (SSSR count). The zero-order valence-electron chi connectivity index (χ0n) is 15.6. The molecule has 1 heterocycles. The molecule has 158 valence electrons. The molecule has 0 unspecified atom stereocenters. The van der Waals surface area contributed by atoms with E-state index in [1.165, 1.54) is 24.3 Å². The number of phenolic OH excluding ortho intramolecular Hbond substituents is 1. The van der Waals surface area contributed by atoms with Crippen molar-refractivity contribution in [1.82, 2.24) is 9.80 Å². The maximum Gasteiger partial charge on any atom is 0.246 e. The normalized spacial score (nSPS) is 19.1. The number of hydrogen-bond acceptors (Lipinski definition) is 5. The van der Waals surface area contributed by atoms with Gasteiger partial charge in [0.05, 0.1) is 20.1 Å². The van der Waals surface area contributed by atoms with E-state index in [-0.39, 0.29) is 43.4 Å². The van der Waals surface area contributed by atoms with Gasteiger partial charge in [-0.05, 0) is 24.3 Å². The maximum atomic E-state index is 15.2. The fourth-order valence-electron chi connectivity index (χ4n) is 3.21. The third-order valence-electron chi connectivity index (χ3n) is 4.83. The van der Waals surface area contributed by atoms with E-state index in [0.717, 1.165) is 0 Å². The monoisotopic (exact) mass is 487 g/mol. The number of halogens is 4. The number of allylic oxidation sites excluding steroid dienone is 5. The lowest BCUT2D eigenvalue weighted by Crippen LogP contribution is -2.47. The molecule has 30 heavy (non-hydrogen) atoms. The highest BCUT2D eigenvalue weighted by atomic mass is 35.5. The highest BCUT2D eigenvalue weighted by molar-refractivity contribution is 7.84. The smallest absolute Gasteiger partial charge is 0.246 e. The fraction of sp³-hybridized carbons (Fsp3) is 0.200. The molecule has 2 aliphatic rings. The maximum absolute atomic E-state index is 15.2. The van der Waals surface area contributed by atoms with Crippen molar-refractivity contribution in [3.63, 3.8) is 0 Å². The van der Waals surface area contributed by atoms with Gasteiger partial charge in [-0.15, -0.1) is 12.6 Å². The molecule has 5 nitrogen and oxygen atoms in total. The van der Waals surface area contributed by atoms with E-state index in [2.05, 4.69) is 19.2 Å². The average molecular weight is 489 g/mol. The van der Waals surface area contributed by atoms with Crippen LogP contribution in [0.15, 0.2) is 52.3 Å². The third kappa shape index (κ3) is 4.25. The summed E-state index contributed by atoms with van der Waals surface area (Å²) in [4.78, 5) is 15.2. The van der Waals surface area contributed by atoms with E-state index in [0.29, 0.717) is 31.2 Å². The Morgan fingerprint density at radius 2 is 1.77 bits per heavy atom. The summed E-state index contributed by atoms with van der Waals surface area (Å²) in [5, 5.41) is 18.7. The van der Waals surface area contributed by atoms with Crippen molar-refractivity contribution < 1.29 is 14.3 Å². The lowest BCUT2D eigenvalue weighted by atomic mass is 9.94. The number of hydrogen-bond donors (Lipinski definition) is 3. The molecule has 0 aromatic heterocycles. The van der Waals surface area contributed by atoms with Crippen LogP contribution < -0.4 is 0 Å². The molecule has 0 spiro atoms. The van der Waals surface area contributed by atoms with Crippen LogP contribution in [0.25, 0.3) is 5.57 Å². The van der Waals surface area contributed by atoms with E-state index in [4.69, 9.17) is 40.2 Å².